The number of thiazole rings is 1. The van der Waals surface area contributed by atoms with Gasteiger partial charge in [-0.15, -0.1) is 11.3 Å². The second-order valence-corrected chi connectivity index (χ2v) is 7.22. The van der Waals surface area contributed by atoms with Crippen molar-refractivity contribution < 1.29 is 14.3 Å². The van der Waals surface area contributed by atoms with Gasteiger partial charge < -0.3 is 14.8 Å². The second kappa shape index (κ2) is 7.51. The number of thiocarbonyl (C=S) groups is 1. The predicted octanol–water partition coefficient (Wildman–Crippen LogP) is 4.32. The van der Waals surface area contributed by atoms with Crippen LogP contribution in [0.15, 0.2) is 47.8 Å². The lowest BCUT2D eigenvalue weighted by Gasteiger charge is -2.07. The van der Waals surface area contributed by atoms with Crippen LogP contribution in [0, 0.1) is 0 Å². The SMILES string of the molecule is O=C(NC(=S)Nc1nc(-c2ccc(Cl)cc2)cs1)c1ccc2c(c1)OCO2. The highest BCUT2D eigenvalue weighted by atomic mass is 35.5. The van der Waals surface area contributed by atoms with Crippen LogP contribution in [0.2, 0.25) is 5.02 Å². The maximum Gasteiger partial charge on any atom is 0.257 e. The van der Waals surface area contributed by atoms with Gasteiger partial charge >= 0.3 is 0 Å². The van der Waals surface area contributed by atoms with Gasteiger partial charge in [-0.3, -0.25) is 10.1 Å². The molecule has 0 spiro atoms. The first-order valence-electron chi connectivity index (χ1n) is 7.82. The molecule has 1 aromatic heterocycles. The van der Waals surface area contributed by atoms with Crippen molar-refractivity contribution in [2.45, 2.75) is 0 Å². The topological polar surface area (TPSA) is 72.5 Å². The second-order valence-electron chi connectivity index (χ2n) is 5.52. The Morgan fingerprint density at radius 3 is 2.74 bits per heavy atom. The molecule has 0 radical (unpaired) electrons. The highest BCUT2D eigenvalue weighted by Gasteiger charge is 2.17. The molecule has 0 aliphatic carbocycles. The Hall–Kier alpha value is -2.68. The van der Waals surface area contributed by atoms with Gasteiger partial charge in [0.2, 0.25) is 6.79 Å². The molecule has 9 heteroatoms. The van der Waals surface area contributed by atoms with Gasteiger partial charge in [0.05, 0.1) is 5.69 Å². The van der Waals surface area contributed by atoms with Gasteiger partial charge in [0.25, 0.3) is 5.91 Å². The third-order valence-electron chi connectivity index (χ3n) is 3.73. The molecule has 4 rings (SSSR count). The summed E-state index contributed by atoms with van der Waals surface area (Å²) in [4.78, 5) is 16.8. The monoisotopic (exact) mass is 417 g/mol. The summed E-state index contributed by atoms with van der Waals surface area (Å²) in [7, 11) is 0. The number of halogens is 1. The van der Waals surface area contributed by atoms with E-state index in [0.717, 1.165) is 11.3 Å². The van der Waals surface area contributed by atoms with Crippen LogP contribution in [0.25, 0.3) is 11.3 Å². The standard InChI is InChI=1S/C18H12ClN3O3S2/c19-12-4-1-10(2-5-12)13-8-27-18(20-13)22-17(26)21-16(23)11-3-6-14-15(7-11)25-9-24-14/h1-8H,9H2,(H2,20,21,22,23,26). The summed E-state index contributed by atoms with van der Waals surface area (Å²) >= 11 is 12.5. The Bertz CT molecular complexity index is 1020. The van der Waals surface area contributed by atoms with Crippen LogP contribution in [-0.4, -0.2) is 22.8 Å². The van der Waals surface area contributed by atoms with E-state index < -0.39 is 0 Å². The molecule has 1 amide bonds. The molecular weight excluding hydrogens is 406 g/mol. The van der Waals surface area contributed by atoms with Crippen molar-refractivity contribution in [3.05, 3.63) is 58.4 Å². The normalized spacial score (nSPS) is 11.9. The number of aromatic nitrogens is 1. The van der Waals surface area contributed by atoms with E-state index >= 15 is 0 Å². The Kier molecular flexibility index (Phi) is 4.93. The third-order valence-corrected chi connectivity index (χ3v) is 4.94. The molecule has 1 aliphatic heterocycles. The minimum absolute atomic E-state index is 0.153. The Morgan fingerprint density at radius 2 is 1.93 bits per heavy atom. The molecule has 136 valence electrons. The maximum atomic E-state index is 12.3. The number of rotatable bonds is 3. The van der Waals surface area contributed by atoms with E-state index in [1.54, 1.807) is 30.3 Å². The van der Waals surface area contributed by atoms with Gasteiger partial charge in [0.15, 0.2) is 21.7 Å². The number of nitrogens with zero attached hydrogens (tertiary/aromatic N) is 1. The van der Waals surface area contributed by atoms with E-state index in [1.807, 2.05) is 17.5 Å². The number of fused-ring (bicyclic) bond motifs is 1. The predicted molar refractivity (Wildman–Crippen MR) is 109 cm³/mol. The zero-order valence-corrected chi connectivity index (χ0v) is 16.1. The number of hydrogen-bond donors (Lipinski definition) is 2. The number of carbonyl (C=O) groups is 1. The van der Waals surface area contributed by atoms with Crippen molar-refractivity contribution in [3.8, 4) is 22.8 Å². The van der Waals surface area contributed by atoms with Gasteiger partial charge in [0, 0.05) is 21.5 Å². The lowest BCUT2D eigenvalue weighted by molar-refractivity contribution is 0.0977. The van der Waals surface area contributed by atoms with Crippen molar-refractivity contribution >= 4 is 51.3 Å². The van der Waals surface area contributed by atoms with E-state index in [0.29, 0.717) is 27.2 Å². The molecule has 3 aromatic rings. The first-order valence-corrected chi connectivity index (χ1v) is 9.48. The summed E-state index contributed by atoms with van der Waals surface area (Å²) in [6, 6.07) is 12.3. The fraction of sp³-hybridized carbons (Fsp3) is 0.0556. The first-order chi connectivity index (χ1) is 13.1. The Morgan fingerprint density at radius 1 is 1.15 bits per heavy atom. The van der Waals surface area contributed by atoms with E-state index in [-0.39, 0.29) is 17.8 Å². The van der Waals surface area contributed by atoms with Crippen molar-refractivity contribution in [3.63, 3.8) is 0 Å². The molecular formula is C18H12ClN3O3S2. The minimum Gasteiger partial charge on any atom is -0.454 e. The van der Waals surface area contributed by atoms with Gasteiger partial charge in [0.1, 0.15) is 0 Å². The number of ether oxygens (including phenoxy) is 2. The quantitative estimate of drug-likeness (QED) is 0.618. The molecule has 1 aliphatic rings. The zero-order valence-electron chi connectivity index (χ0n) is 13.7. The zero-order chi connectivity index (χ0) is 18.8. The summed E-state index contributed by atoms with van der Waals surface area (Å²) in [5.74, 6) is 0.805. The maximum absolute atomic E-state index is 12.3. The van der Waals surface area contributed by atoms with Crippen LogP contribution in [-0.2, 0) is 0 Å². The summed E-state index contributed by atoms with van der Waals surface area (Å²) in [6.45, 7) is 0.153. The Labute approximate surface area is 169 Å². The molecule has 2 aromatic carbocycles. The van der Waals surface area contributed by atoms with Crippen molar-refractivity contribution in [1.29, 1.82) is 0 Å². The van der Waals surface area contributed by atoms with Crippen LogP contribution in [0.3, 0.4) is 0 Å². The van der Waals surface area contributed by atoms with E-state index in [2.05, 4.69) is 15.6 Å². The fourth-order valence-electron chi connectivity index (χ4n) is 2.43. The summed E-state index contributed by atoms with van der Waals surface area (Å²) < 4.78 is 10.5. The smallest absolute Gasteiger partial charge is 0.257 e. The number of benzene rings is 2. The fourth-order valence-corrected chi connectivity index (χ4v) is 3.53. The highest BCUT2D eigenvalue weighted by Crippen LogP contribution is 2.32. The van der Waals surface area contributed by atoms with Crippen LogP contribution in [0.1, 0.15) is 10.4 Å². The molecule has 0 saturated carbocycles. The first kappa shape index (κ1) is 17.7. The van der Waals surface area contributed by atoms with Gasteiger partial charge in [-0.1, -0.05) is 23.7 Å². The molecule has 0 fully saturated rings. The Balaban J connectivity index is 1.39. The van der Waals surface area contributed by atoms with E-state index in [9.17, 15) is 4.79 Å². The summed E-state index contributed by atoms with van der Waals surface area (Å²) in [5.41, 5.74) is 2.16. The lowest BCUT2D eigenvalue weighted by Crippen LogP contribution is -2.34. The average Bonchev–Trinajstić information content (AvgIpc) is 3.30. The minimum atomic E-state index is -0.347. The highest BCUT2D eigenvalue weighted by molar-refractivity contribution is 7.80. The third kappa shape index (κ3) is 4.02. The summed E-state index contributed by atoms with van der Waals surface area (Å²) in [6.07, 6.45) is 0. The number of carbonyl (C=O) groups excluding carboxylic acids is 1. The van der Waals surface area contributed by atoms with Gasteiger partial charge in [-0.2, -0.15) is 0 Å². The largest absolute Gasteiger partial charge is 0.454 e. The van der Waals surface area contributed by atoms with E-state index in [1.165, 1.54) is 11.3 Å². The number of amides is 1. The number of hydrogen-bond acceptors (Lipinski definition) is 6. The van der Waals surface area contributed by atoms with Crippen molar-refractivity contribution in [1.82, 2.24) is 10.3 Å². The lowest BCUT2D eigenvalue weighted by atomic mass is 10.2. The van der Waals surface area contributed by atoms with E-state index in [4.69, 9.17) is 33.3 Å². The van der Waals surface area contributed by atoms with Gasteiger partial charge in [-0.25, -0.2) is 4.98 Å². The molecule has 0 saturated heterocycles. The van der Waals surface area contributed by atoms with Crippen molar-refractivity contribution in [2.75, 3.05) is 12.1 Å². The number of nitrogens with one attached hydrogen (secondary N) is 2. The molecule has 6 nitrogen and oxygen atoms in total. The van der Waals surface area contributed by atoms with Crippen molar-refractivity contribution in [2.24, 2.45) is 0 Å². The molecule has 2 N–H and O–H groups in total. The van der Waals surface area contributed by atoms with Gasteiger partial charge in [-0.05, 0) is 42.5 Å². The molecule has 27 heavy (non-hydrogen) atoms. The van der Waals surface area contributed by atoms with Crippen LogP contribution >= 0.6 is 35.2 Å². The molecule has 0 atom stereocenters. The molecule has 0 bridgehead atoms. The van der Waals surface area contributed by atoms with Crippen LogP contribution in [0.5, 0.6) is 11.5 Å². The van der Waals surface area contributed by atoms with Crippen LogP contribution < -0.4 is 20.1 Å². The van der Waals surface area contributed by atoms with Crippen LogP contribution in [0.4, 0.5) is 5.13 Å². The summed E-state index contributed by atoms with van der Waals surface area (Å²) in [5, 5.41) is 8.85. The average molecular weight is 418 g/mol. The number of anilines is 1. The molecule has 0 unspecified atom stereocenters. The molecule has 2 heterocycles.